The van der Waals surface area contributed by atoms with Gasteiger partial charge in [0.25, 0.3) is 0 Å². The number of hydrazone groups is 1. The first-order valence-corrected chi connectivity index (χ1v) is 12.0. The van der Waals surface area contributed by atoms with Crippen LogP contribution in [-0.4, -0.2) is 22.1 Å². The Balaban J connectivity index is 1.77. The summed E-state index contributed by atoms with van der Waals surface area (Å²) < 4.78 is 2.53. The summed E-state index contributed by atoms with van der Waals surface area (Å²) in [5.74, 6) is 0.594. The molecule has 0 radical (unpaired) electrons. The van der Waals surface area contributed by atoms with E-state index in [9.17, 15) is 5.11 Å². The Hall–Kier alpha value is -2.55. The summed E-state index contributed by atoms with van der Waals surface area (Å²) in [6.45, 7) is 2.02. The minimum Gasteiger partial charge on any atom is -0.507 e. The van der Waals surface area contributed by atoms with Gasteiger partial charge in [0.2, 0.25) is 0 Å². The molecule has 8 heteroatoms. The zero-order valence-corrected chi connectivity index (χ0v) is 21.6. The maximum atomic E-state index is 10.1. The molecule has 0 aliphatic heterocycles. The molecule has 0 aliphatic carbocycles. The molecular formula is C24H17Br3N4O. The normalized spacial score (nSPS) is 11.9. The molecule has 3 aromatic carbocycles. The molecule has 160 valence electrons. The molecule has 0 unspecified atom stereocenters. The van der Waals surface area contributed by atoms with Gasteiger partial charge in [-0.3, -0.25) is 5.43 Å². The molecule has 0 aliphatic rings. The molecule has 5 nitrogen and oxygen atoms in total. The van der Waals surface area contributed by atoms with Crippen LogP contribution >= 0.6 is 47.8 Å². The van der Waals surface area contributed by atoms with Crippen LogP contribution in [0.3, 0.4) is 0 Å². The van der Waals surface area contributed by atoms with Crippen molar-refractivity contribution in [3.05, 3.63) is 97.0 Å². The van der Waals surface area contributed by atoms with Crippen molar-refractivity contribution in [2.45, 2.75) is 6.92 Å². The number of benzene rings is 3. The third-order valence-electron chi connectivity index (χ3n) is 4.59. The Bertz CT molecular complexity index is 1350. The number of aromatic hydroxyl groups is 1. The van der Waals surface area contributed by atoms with Gasteiger partial charge in [-0.25, -0.2) is 9.98 Å². The molecular weight excluding hydrogens is 600 g/mol. The Kier molecular flexibility index (Phi) is 7.03. The molecule has 0 saturated heterocycles. The van der Waals surface area contributed by atoms with E-state index >= 15 is 0 Å². The summed E-state index contributed by atoms with van der Waals surface area (Å²) in [5, 5.41) is 15.4. The number of aliphatic imine (C=N–C) groups is 1. The summed E-state index contributed by atoms with van der Waals surface area (Å²) >= 11 is 10.6. The summed E-state index contributed by atoms with van der Waals surface area (Å²) in [6.07, 6.45) is 1.54. The number of fused-ring (bicyclic) bond motifs is 1. The molecule has 32 heavy (non-hydrogen) atoms. The van der Waals surface area contributed by atoms with E-state index in [2.05, 4.69) is 58.3 Å². The minimum absolute atomic E-state index is 0.130. The molecule has 0 spiro atoms. The van der Waals surface area contributed by atoms with Crippen molar-refractivity contribution in [1.82, 2.24) is 10.4 Å². The number of nitrogens with zero attached hydrogens (tertiary/aromatic N) is 3. The topological polar surface area (TPSA) is 69.9 Å². The second-order valence-electron chi connectivity index (χ2n) is 7.00. The van der Waals surface area contributed by atoms with Gasteiger partial charge in [0, 0.05) is 24.4 Å². The molecule has 0 atom stereocenters. The quantitative estimate of drug-likeness (QED) is 0.144. The molecule has 1 heterocycles. The lowest BCUT2D eigenvalue weighted by atomic mass is 10.2. The third kappa shape index (κ3) is 5.26. The summed E-state index contributed by atoms with van der Waals surface area (Å²) in [4.78, 5) is 9.56. The maximum absolute atomic E-state index is 10.1. The van der Waals surface area contributed by atoms with Crippen molar-refractivity contribution in [3.63, 3.8) is 0 Å². The van der Waals surface area contributed by atoms with Gasteiger partial charge in [0.05, 0.1) is 17.4 Å². The number of nitrogens with one attached hydrogen (secondary N) is 1. The number of hydrogen-bond donors (Lipinski definition) is 2. The lowest BCUT2D eigenvalue weighted by molar-refractivity contribution is 0.474. The number of phenols is 1. The lowest BCUT2D eigenvalue weighted by Crippen LogP contribution is -2.20. The van der Waals surface area contributed by atoms with Crippen LogP contribution in [0, 0.1) is 6.92 Å². The van der Waals surface area contributed by atoms with E-state index in [1.165, 1.54) is 6.21 Å². The first-order valence-electron chi connectivity index (χ1n) is 9.59. The third-order valence-corrected chi connectivity index (χ3v) is 6.29. The summed E-state index contributed by atoms with van der Waals surface area (Å²) in [6, 6.07) is 20.9. The molecule has 2 N–H and O–H groups in total. The number of phenolic OH excluding ortho intramolecular Hbond substituents is 1. The van der Waals surface area contributed by atoms with E-state index in [4.69, 9.17) is 9.98 Å². The molecule has 4 aromatic rings. The zero-order chi connectivity index (χ0) is 22.7. The standard InChI is InChI=1S/C24H17Br3N4O/c1-14-10-18(26)23(19(27)11-14)30-24(21-8-6-15-4-2-3-5-20(15)29-21)31-28-13-16-12-17(25)7-9-22(16)32/h2-13,32H,1H3,(H,30,31)/b28-13+. The maximum Gasteiger partial charge on any atom is 0.173 e. The van der Waals surface area contributed by atoms with E-state index in [0.29, 0.717) is 22.8 Å². The largest absolute Gasteiger partial charge is 0.507 e. The van der Waals surface area contributed by atoms with E-state index in [1.54, 1.807) is 18.2 Å². The predicted molar refractivity (Wildman–Crippen MR) is 141 cm³/mol. The molecule has 4 rings (SSSR count). The van der Waals surface area contributed by atoms with E-state index < -0.39 is 0 Å². The first-order chi connectivity index (χ1) is 15.4. The monoisotopic (exact) mass is 614 g/mol. The molecule has 0 amide bonds. The number of halogens is 3. The van der Waals surface area contributed by atoms with Crippen LogP contribution in [0.4, 0.5) is 5.69 Å². The van der Waals surface area contributed by atoms with Gasteiger partial charge < -0.3 is 5.11 Å². The smallest absolute Gasteiger partial charge is 0.173 e. The van der Waals surface area contributed by atoms with Crippen LogP contribution in [0.5, 0.6) is 5.75 Å². The summed E-state index contributed by atoms with van der Waals surface area (Å²) in [5.41, 5.74) is 6.88. The Labute approximate surface area is 210 Å². The van der Waals surface area contributed by atoms with Crippen molar-refractivity contribution in [3.8, 4) is 5.75 Å². The minimum atomic E-state index is 0.130. The number of aromatic nitrogens is 1. The highest BCUT2D eigenvalue weighted by atomic mass is 79.9. The van der Waals surface area contributed by atoms with Gasteiger partial charge in [-0.05, 0) is 86.8 Å². The Morgan fingerprint density at radius 2 is 1.72 bits per heavy atom. The van der Waals surface area contributed by atoms with Gasteiger partial charge in [-0.1, -0.05) is 40.2 Å². The van der Waals surface area contributed by atoms with Crippen LogP contribution in [-0.2, 0) is 0 Å². The van der Waals surface area contributed by atoms with Gasteiger partial charge in [-0.2, -0.15) is 5.10 Å². The lowest BCUT2D eigenvalue weighted by Gasteiger charge is -2.10. The van der Waals surface area contributed by atoms with Gasteiger partial charge >= 0.3 is 0 Å². The number of amidine groups is 1. The van der Waals surface area contributed by atoms with Crippen molar-refractivity contribution >= 4 is 76.4 Å². The van der Waals surface area contributed by atoms with Crippen LogP contribution in [0.25, 0.3) is 10.9 Å². The molecule has 0 fully saturated rings. The first kappa shape index (κ1) is 22.6. The Morgan fingerprint density at radius 3 is 2.50 bits per heavy atom. The van der Waals surface area contributed by atoms with Crippen molar-refractivity contribution in [1.29, 1.82) is 0 Å². The second kappa shape index (κ2) is 9.94. The predicted octanol–water partition coefficient (Wildman–Crippen LogP) is 7.24. The van der Waals surface area contributed by atoms with Gasteiger partial charge in [0.15, 0.2) is 5.84 Å². The van der Waals surface area contributed by atoms with Gasteiger partial charge in [-0.15, -0.1) is 0 Å². The molecule has 1 aromatic heterocycles. The van der Waals surface area contributed by atoms with E-state index in [0.717, 1.165) is 29.9 Å². The fourth-order valence-electron chi connectivity index (χ4n) is 3.04. The molecule has 0 saturated carbocycles. The van der Waals surface area contributed by atoms with Crippen LogP contribution in [0.15, 0.2) is 90.2 Å². The zero-order valence-electron chi connectivity index (χ0n) is 16.9. The van der Waals surface area contributed by atoms with Crippen molar-refractivity contribution in [2.24, 2.45) is 10.1 Å². The highest BCUT2D eigenvalue weighted by molar-refractivity contribution is 9.11. The Morgan fingerprint density at radius 1 is 0.969 bits per heavy atom. The number of para-hydroxylation sites is 1. The fraction of sp³-hybridized carbons (Fsp3) is 0.0417. The number of pyridine rings is 1. The van der Waals surface area contributed by atoms with Crippen molar-refractivity contribution < 1.29 is 5.11 Å². The highest BCUT2D eigenvalue weighted by Gasteiger charge is 2.11. The number of rotatable bonds is 4. The second-order valence-corrected chi connectivity index (χ2v) is 9.62. The number of aryl methyl sites for hydroxylation is 1. The highest BCUT2D eigenvalue weighted by Crippen LogP contribution is 2.35. The van der Waals surface area contributed by atoms with Crippen LogP contribution in [0.1, 0.15) is 16.8 Å². The van der Waals surface area contributed by atoms with Gasteiger partial charge in [0.1, 0.15) is 11.4 Å². The van der Waals surface area contributed by atoms with Crippen LogP contribution in [0.2, 0.25) is 0 Å². The van der Waals surface area contributed by atoms with E-state index in [-0.39, 0.29) is 5.75 Å². The number of hydrogen-bond acceptors (Lipinski definition) is 4. The summed E-state index contributed by atoms with van der Waals surface area (Å²) in [7, 11) is 0. The average Bonchev–Trinajstić information content (AvgIpc) is 2.77. The molecule has 0 bridgehead atoms. The van der Waals surface area contributed by atoms with Crippen LogP contribution < -0.4 is 5.43 Å². The average molecular weight is 617 g/mol. The SMILES string of the molecule is Cc1cc(Br)c(N=C(N/N=C/c2cc(Br)ccc2O)c2ccc3ccccc3n2)c(Br)c1. The van der Waals surface area contributed by atoms with E-state index in [1.807, 2.05) is 55.5 Å². The fourth-order valence-corrected chi connectivity index (χ4v) is 5.01. The van der Waals surface area contributed by atoms with Crippen molar-refractivity contribution in [2.75, 3.05) is 0 Å².